The summed E-state index contributed by atoms with van der Waals surface area (Å²) in [6.07, 6.45) is 6.08. The van der Waals surface area contributed by atoms with Crippen molar-refractivity contribution in [3.8, 4) is 0 Å². The molecule has 1 saturated carbocycles. The van der Waals surface area contributed by atoms with E-state index >= 15 is 0 Å². The fourth-order valence-electron chi connectivity index (χ4n) is 3.31. The van der Waals surface area contributed by atoms with Gasteiger partial charge in [-0.2, -0.15) is 0 Å². The molecule has 1 aliphatic heterocycles. The molecule has 2 fully saturated rings. The Morgan fingerprint density at radius 1 is 1.13 bits per heavy atom. The van der Waals surface area contributed by atoms with Crippen molar-refractivity contribution in [1.29, 1.82) is 0 Å². The zero-order chi connectivity index (χ0) is 11.1. The van der Waals surface area contributed by atoms with Crippen LogP contribution in [0.4, 0.5) is 0 Å². The van der Waals surface area contributed by atoms with Gasteiger partial charge in [0.1, 0.15) is 5.72 Å². The van der Waals surface area contributed by atoms with Crippen LogP contribution in [0.2, 0.25) is 0 Å². The first kappa shape index (κ1) is 11.4. The van der Waals surface area contributed by atoms with Crippen molar-refractivity contribution in [3.63, 3.8) is 0 Å². The van der Waals surface area contributed by atoms with E-state index in [2.05, 4.69) is 33.0 Å². The van der Waals surface area contributed by atoms with Crippen LogP contribution in [0.3, 0.4) is 0 Å². The Morgan fingerprint density at radius 2 is 1.73 bits per heavy atom. The molecule has 1 aliphatic carbocycles. The van der Waals surface area contributed by atoms with Gasteiger partial charge in [-0.3, -0.25) is 5.32 Å². The van der Waals surface area contributed by atoms with Gasteiger partial charge in [-0.15, -0.1) is 0 Å². The van der Waals surface area contributed by atoms with Crippen LogP contribution in [-0.4, -0.2) is 17.4 Å². The standard InChI is InChI=1S/C13H25NO/c1-10-5-7-13(8-6-10)14-11(2)9-12(3,4)15-13/h10-11,14H,5-9H2,1-4H3. The Bertz CT molecular complexity index is 229. The van der Waals surface area contributed by atoms with Gasteiger partial charge in [0.15, 0.2) is 0 Å². The van der Waals surface area contributed by atoms with Crippen LogP contribution in [0.5, 0.6) is 0 Å². The molecule has 1 heterocycles. The summed E-state index contributed by atoms with van der Waals surface area (Å²) >= 11 is 0. The molecule has 1 N–H and O–H groups in total. The molecular formula is C13H25NO. The molecular weight excluding hydrogens is 186 g/mol. The third-order valence-corrected chi connectivity index (χ3v) is 3.86. The molecule has 2 rings (SSSR count). The Labute approximate surface area is 93.8 Å². The maximum atomic E-state index is 6.31. The van der Waals surface area contributed by atoms with E-state index in [9.17, 15) is 0 Å². The lowest BCUT2D eigenvalue weighted by molar-refractivity contribution is -0.212. The van der Waals surface area contributed by atoms with Gasteiger partial charge in [0, 0.05) is 6.04 Å². The topological polar surface area (TPSA) is 21.3 Å². The van der Waals surface area contributed by atoms with Crippen molar-refractivity contribution < 1.29 is 4.74 Å². The molecule has 1 saturated heterocycles. The van der Waals surface area contributed by atoms with Crippen molar-refractivity contribution in [2.45, 2.75) is 77.2 Å². The summed E-state index contributed by atoms with van der Waals surface area (Å²) in [6, 6.07) is 0.585. The van der Waals surface area contributed by atoms with Crippen LogP contribution >= 0.6 is 0 Å². The lowest BCUT2D eigenvalue weighted by atomic mass is 9.81. The average molecular weight is 211 g/mol. The highest BCUT2D eigenvalue weighted by Crippen LogP contribution is 2.40. The summed E-state index contributed by atoms with van der Waals surface area (Å²) in [5.41, 5.74) is 0.0406. The first-order valence-corrected chi connectivity index (χ1v) is 6.39. The first-order chi connectivity index (χ1) is 6.91. The molecule has 2 nitrogen and oxygen atoms in total. The van der Waals surface area contributed by atoms with Crippen molar-refractivity contribution in [2.24, 2.45) is 5.92 Å². The Morgan fingerprint density at radius 3 is 2.27 bits per heavy atom. The van der Waals surface area contributed by atoms with Gasteiger partial charge in [0.05, 0.1) is 5.60 Å². The monoisotopic (exact) mass is 211 g/mol. The van der Waals surface area contributed by atoms with E-state index in [1.807, 2.05) is 0 Å². The highest BCUT2D eigenvalue weighted by Gasteiger charge is 2.44. The molecule has 1 unspecified atom stereocenters. The fourth-order valence-corrected chi connectivity index (χ4v) is 3.31. The van der Waals surface area contributed by atoms with E-state index in [-0.39, 0.29) is 11.3 Å². The lowest BCUT2D eigenvalue weighted by Gasteiger charge is -2.51. The molecule has 0 aromatic heterocycles. The smallest absolute Gasteiger partial charge is 0.120 e. The van der Waals surface area contributed by atoms with E-state index in [1.54, 1.807) is 0 Å². The predicted octanol–water partition coefficient (Wildman–Crippen LogP) is 3.07. The molecule has 0 aromatic rings. The molecule has 88 valence electrons. The fraction of sp³-hybridized carbons (Fsp3) is 1.00. The SMILES string of the molecule is CC1CCC2(CC1)NC(C)CC(C)(C)O2. The van der Waals surface area contributed by atoms with Gasteiger partial charge >= 0.3 is 0 Å². The largest absolute Gasteiger partial charge is 0.355 e. The van der Waals surface area contributed by atoms with Crippen LogP contribution in [0.1, 0.15) is 59.8 Å². The zero-order valence-corrected chi connectivity index (χ0v) is 10.6. The van der Waals surface area contributed by atoms with Gasteiger partial charge in [0.2, 0.25) is 0 Å². The van der Waals surface area contributed by atoms with Crippen LogP contribution in [0, 0.1) is 5.92 Å². The van der Waals surface area contributed by atoms with Crippen molar-refractivity contribution in [3.05, 3.63) is 0 Å². The first-order valence-electron chi connectivity index (χ1n) is 6.39. The normalized spacial score (nSPS) is 45.6. The number of hydrogen-bond donors (Lipinski definition) is 1. The van der Waals surface area contributed by atoms with E-state index in [4.69, 9.17) is 4.74 Å². The van der Waals surface area contributed by atoms with E-state index in [0.717, 1.165) is 12.3 Å². The van der Waals surface area contributed by atoms with Crippen LogP contribution in [-0.2, 0) is 4.74 Å². The molecule has 0 amide bonds. The quantitative estimate of drug-likeness (QED) is 0.665. The molecule has 0 aromatic carbocycles. The summed E-state index contributed by atoms with van der Waals surface area (Å²) in [4.78, 5) is 0. The van der Waals surface area contributed by atoms with E-state index in [0.29, 0.717) is 6.04 Å². The molecule has 2 heteroatoms. The lowest BCUT2D eigenvalue weighted by Crippen LogP contribution is -2.62. The minimum absolute atomic E-state index is 0.00627. The highest BCUT2D eigenvalue weighted by atomic mass is 16.5. The van der Waals surface area contributed by atoms with Crippen LogP contribution in [0.15, 0.2) is 0 Å². The highest BCUT2D eigenvalue weighted by molar-refractivity contribution is 4.94. The zero-order valence-electron chi connectivity index (χ0n) is 10.6. The minimum Gasteiger partial charge on any atom is -0.355 e. The third-order valence-electron chi connectivity index (χ3n) is 3.86. The van der Waals surface area contributed by atoms with E-state index in [1.165, 1.54) is 25.7 Å². The Kier molecular flexibility index (Phi) is 2.85. The molecule has 0 radical (unpaired) electrons. The summed E-state index contributed by atoms with van der Waals surface area (Å²) in [6.45, 7) is 9.09. The van der Waals surface area contributed by atoms with Gasteiger partial charge < -0.3 is 4.74 Å². The third kappa shape index (κ3) is 2.54. The summed E-state index contributed by atoms with van der Waals surface area (Å²) in [5.74, 6) is 0.876. The molecule has 2 aliphatic rings. The van der Waals surface area contributed by atoms with E-state index < -0.39 is 0 Å². The minimum atomic E-state index is -0.00627. The second-order valence-corrected chi connectivity index (χ2v) is 6.29. The molecule has 1 spiro atoms. The maximum Gasteiger partial charge on any atom is 0.120 e. The van der Waals surface area contributed by atoms with Crippen molar-refractivity contribution in [1.82, 2.24) is 5.32 Å². The number of nitrogens with one attached hydrogen (secondary N) is 1. The molecule has 15 heavy (non-hydrogen) atoms. The summed E-state index contributed by atoms with van der Waals surface area (Å²) in [5, 5.41) is 3.69. The molecule has 0 bridgehead atoms. The second kappa shape index (κ2) is 3.74. The van der Waals surface area contributed by atoms with Gasteiger partial charge in [0.25, 0.3) is 0 Å². The van der Waals surface area contributed by atoms with Crippen LogP contribution < -0.4 is 5.32 Å². The van der Waals surface area contributed by atoms with Gasteiger partial charge in [-0.1, -0.05) is 6.92 Å². The number of hydrogen-bond acceptors (Lipinski definition) is 2. The van der Waals surface area contributed by atoms with Crippen molar-refractivity contribution in [2.75, 3.05) is 0 Å². The summed E-state index contributed by atoms with van der Waals surface area (Å²) < 4.78 is 6.31. The summed E-state index contributed by atoms with van der Waals surface area (Å²) in [7, 11) is 0. The number of rotatable bonds is 0. The molecule has 1 atom stereocenters. The second-order valence-electron chi connectivity index (χ2n) is 6.29. The predicted molar refractivity (Wildman–Crippen MR) is 62.7 cm³/mol. The maximum absolute atomic E-state index is 6.31. The Hall–Kier alpha value is -0.0800. The van der Waals surface area contributed by atoms with Crippen LogP contribution in [0.25, 0.3) is 0 Å². The average Bonchev–Trinajstić information content (AvgIpc) is 2.07. The van der Waals surface area contributed by atoms with Gasteiger partial charge in [-0.05, 0) is 58.8 Å². The van der Waals surface area contributed by atoms with Crippen molar-refractivity contribution >= 4 is 0 Å². The Balaban J connectivity index is 2.07. The number of ether oxygens (including phenoxy) is 1. The van der Waals surface area contributed by atoms with Gasteiger partial charge in [-0.25, -0.2) is 0 Å².